The Hall–Kier alpha value is -2.28. The van der Waals surface area contributed by atoms with Gasteiger partial charge in [-0.2, -0.15) is 5.26 Å². The number of carbonyl (C=O) groups excluding carboxylic acids is 1. The first-order chi connectivity index (χ1) is 9.31. The van der Waals surface area contributed by atoms with Gasteiger partial charge in [-0.05, 0) is 33.3 Å². The van der Waals surface area contributed by atoms with Gasteiger partial charge in [0.05, 0.1) is 6.07 Å². The Bertz CT molecular complexity index is 522. The summed E-state index contributed by atoms with van der Waals surface area (Å²) in [4.78, 5) is 11.7. The molecule has 1 unspecified atom stereocenters. The predicted molar refractivity (Wildman–Crippen MR) is 77.5 cm³/mol. The maximum atomic E-state index is 11.7. The van der Waals surface area contributed by atoms with E-state index in [1.54, 1.807) is 6.92 Å². The van der Waals surface area contributed by atoms with E-state index in [0.29, 0.717) is 5.70 Å². The average Bonchev–Trinajstić information content (AvgIpc) is 2.34. The van der Waals surface area contributed by atoms with Crippen molar-refractivity contribution in [1.29, 1.82) is 5.26 Å². The number of nitrogens with zero attached hydrogens (tertiary/aromatic N) is 1. The molecule has 1 atom stereocenters. The van der Waals surface area contributed by atoms with Crippen LogP contribution >= 0.6 is 0 Å². The Kier molecular flexibility index (Phi) is 5.33. The van der Waals surface area contributed by atoms with Gasteiger partial charge in [-0.25, -0.2) is 4.79 Å². The maximum absolute atomic E-state index is 11.7. The molecule has 0 amide bonds. The van der Waals surface area contributed by atoms with E-state index >= 15 is 0 Å². The number of rotatable bonds is 4. The molecule has 4 nitrogen and oxygen atoms in total. The molecule has 1 aromatic rings. The minimum absolute atomic E-state index is 0.424. The number of hydrogen-bond acceptors (Lipinski definition) is 4. The highest BCUT2D eigenvalue weighted by molar-refractivity contribution is 5.82. The van der Waals surface area contributed by atoms with Crippen LogP contribution in [0.4, 0.5) is 0 Å². The molecular formula is C16H20N2O2. The van der Waals surface area contributed by atoms with E-state index < -0.39 is 17.6 Å². The zero-order valence-corrected chi connectivity index (χ0v) is 12.3. The molecule has 0 aliphatic rings. The quantitative estimate of drug-likeness (QED) is 0.676. The monoisotopic (exact) mass is 272 g/mol. The number of nitriles is 1. The number of carbonyl (C=O) groups is 1. The van der Waals surface area contributed by atoms with Crippen molar-refractivity contribution < 1.29 is 9.53 Å². The molecule has 0 spiro atoms. The van der Waals surface area contributed by atoms with E-state index in [4.69, 9.17) is 4.74 Å². The number of hydrogen-bond donors (Lipinski definition) is 1. The van der Waals surface area contributed by atoms with Crippen LogP contribution in [0.3, 0.4) is 0 Å². The molecule has 0 saturated carbocycles. The lowest BCUT2D eigenvalue weighted by molar-refractivity contribution is -0.148. The number of ether oxygens (including phenoxy) is 1. The molecule has 0 heterocycles. The largest absolute Gasteiger partial charge is 0.457 e. The SMILES string of the molecule is C/C(=C\C(=O)OC(C)(C)C)NC(C#N)c1ccccc1. The summed E-state index contributed by atoms with van der Waals surface area (Å²) in [5, 5.41) is 12.2. The topological polar surface area (TPSA) is 62.1 Å². The van der Waals surface area contributed by atoms with E-state index in [9.17, 15) is 10.1 Å². The second kappa shape index (κ2) is 6.76. The Morgan fingerprint density at radius 3 is 2.45 bits per heavy atom. The Balaban J connectivity index is 2.71. The summed E-state index contributed by atoms with van der Waals surface area (Å²) in [6.45, 7) is 7.16. The minimum Gasteiger partial charge on any atom is -0.457 e. The first-order valence-corrected chi connectivity index (χ1v) is 6.44. The van der Waals surface area contributed by atoms with Crippen LogP contribution < -0.4 is 5.32 Å². The first kappa shape index (κ1) is 15.8. The second-order valence-electron chi connectivity index (χ2n) is 5.48. The van der Waals surface area contributed by atoms with Crippen LogP contribution in [0.2, 0.25) is 0 Å². The van der Waals surface area contributed by atoms with Crippen LogP contribution in [0.5, 0.6) is 0 Å². The van der Waals surface area contributed by atoms with Gasteiger partial charge in [-0.3, -0.25) is 0 Å². The number of nitrogens with one attached hydrogen (secondary N) is 1. The smallest absolute Gasteiger partial charge is 0.333 e. The third kappa shape index (κ3) is 5.57. The molecule has 0 bridgehead atoms. The standard InChI is InChI=1S/C16H20N2O2/c1-12(10-15(19)20-16(2,3)4)18-14(11-17)13-8-6-5-7-9-13/h5-10,14,18H,1-4H3/b12-10+. The van der Waals surface area contributed by atoms with Gasteiger partial charge in [0, 0.05) is 11.8 Å². The summed E-state index contributed by atoms with van der Waals surface area (Å²) in [7, 11) is 0. The lowest BCUT2D eigenvalue weighted by Crippen LogP contribution is -2.24. The molecule has 0 radical (unpaired) electrons. The van der Waals surface area contributed by atoms with Crippen LogP contribution in [0.25, 0.3) is 0 Å². The van der Waals surface area contributed by atoms with Crippen LogP contribution in [-0.4, -0.2) is 11.6 Å². The van der Waals surface area contributed by atoms with E-state index in [2.05, 4.69) is 11.4 Å². The molecule has 0 aliphatic carbocycles. The van der Waals surface area contributed by atoms with Crippen molar-refractivity contribution in [3.05, 3.63) is 47.7 Å². The molecule has 1 rings (SSSR count). The zero-order chi connectivity index (χ0) is 15.2. The highest BCUT2D eigenvalue weighted by Gasteiger charge is 2.15. The van der Waals surface area contributed by atoms with Crippen LogP contribution in [-0.2, 0) is 9.53 Å². The second-order valence-corrected chi connectivity index (χ2v) is 5.48. The molecular weight excluding hydrogens is 252 g/mol. The number of allylic oxidation sites excluding steroid dienone is 1. The zero-order valence-electron chi connectivity index (χ0n) is 12.3. The van der Waals surface area contributed by atoms with Crippen molar-refractivity contribution in [2.45, 2.75) is 39.3 Å². The van der Waals surface area contributed by atoms with Crippen molar-refractivity contribution in [3.63, 3.8) is 0 Å². The maximum Gasteiger partial charge on any atom is 0.333 e. The van der Waals surface area contributed by atoms with Gasteiger partial charge >= 0.3 is 5.97 Å². The third-order valence-electron chi connectivity index (χ3n) is 2.38. The van der Waals surface area contributed by atoms with E-state index in [1.165, 1.54) is 6.08 Å². The summed E-state index contributed by atoms with van der Waals surface area (Å²) in [5.74, 6) is -0.424. The van der Waals surface area contributed by atoms with Crippen molar-refractivity contribution in [2.24, 2.45) is 0 Å². The Morgan fingerprint density at radius 2 is 1.95 bits per heavy atom. The van der Waals surface area contributed by atoms with Crippen molar-refractivity contribution in [3.8, 4) is 6.07 Å². The molecule has 0 fully saturated rings. The van der Waals surface area contributed by atoms with Gasteiger partial charge < -0.3 is 10.1 Å². The van der Waals surface area contributed by atoms with Gasteiger partial charge in [0.2, 0.25) is 0 Å². The van der Waals surface area contributed by atoms with Gasteiger partial charge in [-0.1, -0.05) is 30.3 Å². The first-order valence-electron chi connectivity index (χ1n) is 6.44. The fourth-order valence-corrected chi connectivity index (χ4v) is 1.61. The van der Waals surface area contributed by atoms with Gasteiger partial charge in [0.1, 0.15) is 11.6 Å². The summed E-state index contributed by atoms with van der Waals surface area (Å²) in [6, 6.07) is 11.0. The van der Waals surface area contributed by atoms with Gasteiger partial charge in [0.15, 0.2) is 0 Å². The van der Waals surface area contributed by atoms with Crippen molar-refractivity contribution >= 4 is 5.97 Å². The minimum atomic E-state index is -0.526. The lowest BCUT2D eigenvalue weighted by atomic mass is 10.1. The van der Waals surface area contributed by atoms with Crippen LogP contribution in [0.15, 0.2) is 42.1 Å². The molecule has 1 aromatic carbocycles. The van der Waals surface area contributed by atoms with Gasteiger partial charge in [0.25, 0.3) is 0 Å². The molecule has 106 valence electrons. The molecule has 0 saturated heterocycles. The molecule has 1 N–H and O–H groups in total. The van der Waals surface area contributed by atoms with Gasteiger partial charge in [-0.15, -0.1) is 0 Å². The summed E-state index contributed by atoms with van der Waals surface area (Å²) >= 11 is 0. The van der Waals surface area contributed by atoms with Crippen molar-refractivity contribution in [2.75, 3.05) is 0 Å². The van der Waals surface area contributed by atoms with E-state index in [1.807, 2.05) is 51.1 Å². The lowest BCUT2D eigenvalue weighted by Gasteiger charge is -2.19. The van der Waals surface area contributed by atoms with Crippen LogP contribution in [0, 0.1) is 11.3 Å². The summed E-state index contributed by atoms with van der Waals surface area (Å²) in [6.07, 6.45) is 1.36. The summed E-state index contributed by atoms with van der Waals surface area (Å²) in [5.41, 5.74) is 0.920. The number of esters is 1. The Morgan fingerprint density at radius 1 is 1.35 bits per heavy atom. The molecule has 0 aromatic heterocycles. The highest BCUT2D eigenvalue weighted by atomic mass is 16.6. The highest BCUT2D eigenvalue weighted by Crippen LogP contribution is 2.13. The van der Waals surface area contributed by atoms with Crippen LogP contribution in [0.1, 0.15) is 39.3 Å². The molecule has 4 heteroatoms. The normalized spacial score (nSPS) is 13.2. The average molecular weight is 272 g/mol. The third-order valence-corrected chi connectivity index (χ3v) is 2.38. The fourth-order valence-electron chi connectivity index (χ4n) is 1.61. The van der Waals surface area contributed by atoms with E-state index in [0.717, 1.165) is 5.56 Å². The van der Waals surface area contributed by atoms with Crippen molar-refractivity contribution in [1.82, 2.24) is 5.32 Å². The number of benzene rings is 1. The Labute approximate surface area is 120 Å². The molecule has 0 aliphatic heterocycles. The predicted octanol–water partition coefficient (Wildman–Crippen LogP) is 3.09. The molecule has 20 heavy (non-hydrogen) atoms. The fraction of sp³-hybridized carbons (Fsp3) is 0.375. The summed E-state index contributed by atoms with van der Waals surface area (Å²) < 4.78 is 5.19. The van der Waals surface area contributed by atoms with E-state index in [-0.39, 0.29) is 0 Å².